The van der Waals surface area contributed by atoms with E-state index >= 15 is 0 Å². The number of aromatic hydroxyl groups is 2. The Balaban J connectivity index is 0.000000401. The molecule has 4 nitrogen and oxygen atoms in total. The smallest absolute Gasteiger partial charge is 0.508 e. The number of hydrogen-bond acceptors (Lipinski definition) is 6. The van der Waals surface area contributed by atoms with Gasteiger partial charge in [0.2, 0.25) is 0 Å². The Kier molecular flexibility index (Phi) is 19.4. The van der Waals surface area contributed by atoms with Gasteiger partial charge in [-0.05, 0) is 48.5 Å². The Hall–Kier alpha value is -1.50. The van der Waals surface area contributed by atoms with E-state index in [0.29, 0.717) is 0 Å². The van der Waals surface area contributed by atoms with Gasteiger partial charge in [-0.3, -0.25) is 12.2 Å². The maximum atomic E-state index is 8.87. The maximum Gasteiger partial charge on any atom is 2.00 e. The van der Waals surface area contributed by atoms with Crippen molar-refractivity contribution in [2.45, 2.75) is 22.6 Å². The largest absolute Gasteiger partial charge is 2.00 e. The summed E-state index contributed by atoms with van der Waals surface area (Å²) in [4.78, 5) is 1.97. The molecule has 2 aromatic carbocycles. The van der Waals surface area contributed by atoms with Crippen molar-refractivity contribution >= 4 is 24.1 Å². The van der Waals surface area contributed by atoms with E-state index < -0.39 is 0 Å². The third-order valence-corrected chi connectivity index (χ3v) is 4.47. The zero-order valence-corrected chi connectivity index (χ0v) is 21.6. The van der Waals surface area contributed by atoms with Crippen LogP contribution in [0.2, 0.25) is 0 Å². The van der Waals surface area contributed by atoms with Crippen molar-refractivity contribution in [3.63, 3.8) is 0 Å². The number of phenolic OH excluding ortho intramolecular Hbond substituents is 2. The van der Waals surface area contributed by atoms with Crippen molar-refractivity contribution in [2.24, 2.45) is 0 Å². The molecule has 0 saturated carbocycles. The molecule has 0 aliphatic heterocycles. The minimum Gasteiger partial charge on any atom is -0.508 e. The molecule has 2 aliphatic rings. The molecule has 0 atom stereocenters. The Morgan fingerprint density at radius 2 is 1.03 bits per heavy atom. The summed E-state index contributed by atoms with van der Waals surface area (Å²) in [6, 6.07) is 13.7. The number of phenols is 2. The second-order valence-corrected chi connectivity index (χ2v) is 7.44. The Labute approximate surface area is 213 Å². The van der Waals surface area contributed by atoms with Gasteiger partial charge in [-0.1, -0.05) is 0 Å². The molecule has 4 rings (SSSR count). The molecule has 0 spiro atoms. The van der Waals surface area contributed by atoms with Crippen molar-refractivity contribution < 1.29 is 44.8 Å². The zero-order valence-electron chi connectivity index (χ0n) is 17.5. The van der Waals surface area contributed by atoms with E-state index in [9.17, 15) is 0 Å². The van der Waals surface area contributed by atoms with Crippen LogP contribution < -0.4 is 0 Å². The van der Waals surface area contributed by atoms with Crippen molar-refractivity contribution in [2.75, 3.05) is 14.2 Å². The van der Waals surface area contributed by atoms with Gasteiger partial charge in [0.05, 0.1) is 14.2 Å². The number of hydrogen-bond donors (Lipinski definition) is 2. The minimum atomic E-state index is 0. The quantitative estimate of drug-likeness (QED) is 0.337. The molecule has 0 amide bonds. The van der Waals surface area contributed by atoms with E-state index in [1.807, 2.05) is 24.3 Å². The number of benzene rings is 2. The second kappa shape index (κ2) is 20.4. The topological polar surface area (TPSA) is 58.9 Å². The summed E-state index contributed by atoms with van der Waals surface area (Å²) in [7, 11) is 3.22. The van der Waals surface area contributed by atoms with Crippen molar-refractivity contribution in [1.82, 2.24) is 0 Å². The van der Waals surface area contributed by atoms with E-state index in [0.717, 1.165) is 22.6 Å². The van der Waals surface area contributed by atoms with E-state index in [-0.39, 0.29) is 37.7 Å². The fourth-order valence-corrected chi connectivity index (χ4v) is 2.76. The number of allylic oxidation sites excluding steroid dienone is 8. The predicted molar refractivity (Wildman–Crippen MR) is 125 cm³/mol. The monoisotopic (exact) mass is 532 g/mol. The molecule has 31 heavy (non-hydrogen) atoms. The molecule has 0 unspecified atom stereocenters. The zero-order chi connectivity index (χ0) is 21.9. The fourth-order valence-electron chi connectivity index (χ4n) is 1.88. The molecular weight excluding hydrogens is 508 g/mol. The Bertz CT molecular complexity index is 712. The Morgan fingerprint density at radius 3 is 1.23 bits per heavy atom. The summed E-state index contributed by atoms with van der Waals surface area (Å²) >= 11 is 2.55. The standard InChI is InChI=1S/2C7H8O2S.2C5H5.Zr/c2*1-9-10-7-4-2-6(8)3-5-7;2*1-2-4-5-3-1;/h2*2-5,8H,1H3;2*1-3H,4H2;/q;;2*-1;+2. The summed E-state index contributed by atoms with van der Waals surface area (Å²) in [6.45, 7) is 0. The fraction of sp³-hybridized carbons (Fsp3) is 0.167. The molecule has 7 heteroatoms. The molecule has 2 aromatic rings. The van der Waals surface area contributed by atoms with Crippen LogP contribution in [0.3, 0.4) is 0 Å². The van der Waals surface area contributed by atoms with Gasteiger partial charge in [0, 0.05) is 33.9 Å². The molecule has 0 saturated heterocycles. The van der Waals surface area contributed by atoms with Crippen LogP contribution in [-0.4, -0.2) is 24.4 Å². The van der Waals surface area contributed by atoms with Crippen LogP contribution in [0.15, 0.2) is 94.8 Å². The van der Waals surface area contributed by atoms with Crippen LogP contribution in [0, 0.1) is 12.2 Å². The number of rotatable bonds is 4. The van der Waals surface area contributed by atoms with Crippen LogP contribution in [0.1, 0.15) is 12.8 Å². The first-order valence-electron chi connectivity index (χ1n) is 9.08. The van der Waals surface area contributed by atoms with Crippen LogP contribution in [0.4, 0.5) is 0 Å². The van der Waals surface area contributed by atoms with Crippen LogP contribution in [-0.2, 0) is 34.6 Å². The third kappa shape index (κ3) is 16.8. The summed E-state index contributed by atoms with van der Waals surface area (Å²) < 4.78 is 9.61. The van der Waals surface area contributed by atoms with Crippen LogP contribution in [0.25, 0.3) is 0 Å². The summed E-state index contributed by atoms with van der Waals surface area (Å²) in [6.07, 6.45) is 20.0. The first kappa shape index (κ1) is 29.5. The van der Waals surface area contributed by atoms with E-state index in [1.54, 1.807) is 62.8 Å². The van der Waals surface area contributed by atoms with Gasteiger partial charge < -0.3 is 18.6 Å². The Morgan fingerprint density at radius 1 is 0.677 bits per heavy atom. The van der Waals surface area contributed by atoms with Gasteiger partial charge in [-0.15, -0.1) is 12.8 Å². The van der Waals surface area contributed by atoms with Crippen molar-refractivity contribution in [1.29, 1.82) is 0 Å². The van der Waals surface area contributed by atoms with Crippen molar-refractivity contribution in [3.8, 4) is 11.5 Å². The van der Waals surface area contributed by atoms with Gasteiger partial charge in [0.15, 0.2) is 0 Å². The molecule has 0 fully saturated rings. The van der Waals surface area contributed by atoms with Gasteiger partial charge >= 0.3 is 26.2 Å². The summed E-state index contributed by atoms with van der Waals surface area (Å²) in [5.41, 5.74) is 0. The minimum absolute atomic E-state index is 0. The average molecular weight is 534 g/mol. The van der Waals surface area contributed by atoms with Crippen LogP contribution >= 0.6 is 24.1 Å². The van der Waals surface area contributed by atoms with E-state index in [4.69, 9.17) is 18.6 Å². The maximum absolute atomic E-state index is 8.87. The van der Waals surface area contributed by atoms with E-state index in [1.165, 1.54) is 24.1 Å². The molecule has 0 heterocycles. The molecular formula is C24H26O4S2Zr. The summed E-state index contributed by atoms with van der Waals surface area (Å²) in [5.74, 6) is 0.556. The molecule has 0 bridgehead atoms. The van der Waals surface area contributed by atoms with E-state index in [2.05, 4.69) is 24.3 Å². The molecule has 0 radical (unpaired) electrons. The normalized spacial score (nSPS) is 11.9. The predicted octanol–water partition coefficient (Wildman–Crippen LogP) is 6.70. The molecule has 162 valence electrons. The van der Waals surface area contributed by atoms with Gasteiger partial charge in [0.1, 0.15) is 11.5 Å². The van der Waals surface area contributed by atoms with Gasteiger partial charge in [-0.2, -0.15) is 12.2 Å². The summed E-state index contributed by atoms with van der Waals surface area (Å²) in [5, 5.41) is 17.7. The second-order valence-electron chi connectivity index (χ2n) is 5.49. The molecule has 2 aliphatic carbocycles. The van der Waals surface area contributed by atoms with Gasteiger partial charge in [-0.25, -0.2) is 24.3 Å². The molecule has 2 N–H and O–H groups in total. The first-order valence-corrected chi connectivity index (χ1v) is 10.6. The molecule has 0 aromatic heterocycles. The average Bonchev–Trinajstić information content (AvgIpc) is 3.52. The third-order valence-electron chi connectivity index (χ3n) is 3.20. The van der Waals surface area contributed by atoms with Crippen LogP contribution in [0.5, 0.6) is 11.5 Å². The SMILES string of the molecule is COSc1ccc(O)cc1.COSc1ccc(O)cc1.[C-]1=CC=CC1.[C-]1=CC=CC1.[Zr+2]. The first-order chi connectivity index (χ1) is 14.7. The van der Waals surface area contributed by atoms with Gasteiger partial charge in [0.25, 0.3) is 0 Å². The van der Waals surface area contributed by atoms with Crippen molar-refractivity contribution in [3.05, 3.63) is 97.1 Å².